The van der Waals surface area contributed by atoms with E-state index in [4.69, 9.17) is 4.74 Å². The molecular formula is C17H19N3O2. The molecule has 0 radical (unpaired) electrons. The monoisotopic (exact) mass is 297 g/mol. The van der Waals surface area contributed by atoms with Gasteiger partial charge in [-0.15, -0.1) is 0 Å². The summed E-state index contributed by atoms with van der Waals surface area (Å²) < 4.78 is 7.52. The zero-order valence-corrected chi connectivity index (χ0v) is 12.5. The molecule has 2 aromatic rings. The largest absolute Gasteiger partial charge is 0.492 e. The third-order valence-electron chi connectivity index (χ3n) is 4.63. The Hall–Kier alpha value is -2.30. The van der Waals surface area contributed by atoms with Crippen LogP contribution < -0.4 is 10.1 Å². The van der Waals surface area contributed by atoms with E-state index in [2.05, 4.69) is 17.3 Å². The summed E-state index contributed by atoms with van der Waals surface area (Å²) in [4.78, 5) is 12.6. The quantitative estimate of drug-likeness (QED) is 0.944. The zero-order valence-electron chi connectivity index (χ0n) is 12.5. The Morgan fingerprint density at radius 3 is 3.00 bits per heavy atom. The molecule has 2 atom stereocenters. The summed E-state index contributed by atoms with van der Waals surface area (Å²) in [6, 6.07) is 9.91. The number of nitrogens with zero attached hydrogens (tertiary/aromatic N) is 2. The third-order valence-corrected chi connectivity index (χ3v) is 4.63. The molecule has 1 amide bonds. The molecule has 1 aromatic carbocycles. The zero-order chi connectivity index (χ0) is 15.1. The predicted octanol–water partition coefficient (Wildman–Crippen LogP) is 2.97. The number of hydrogen-bond donors (Lipinski definition) is 1. The van der Waals surface area contributed by atoms with Gasteiger partial charge in [0, 0.05) is 11.6 Å². The van der Waals surface area contributed by atoms with E-state index in [0.717, 1.165) is 17.1 Å². The molecule has 1 saturated carbocycles. The molecule has 0 saturated heterocycles. The molecule has 22 heavy (non-hydrogen) atoms. The Kier molecular flexibility index (Phi) is 3.13. The minimum Gasteiger partial charge on any atom is -0.492 e. The van der Waals surface area contributed by atoms with Gasteiger partial charge in [-0.3, -0.25) is 4.79 Å². The van der Waals surface area contributed by atoms with Crippen molar-refractivity contribution >= 4 is 11.7 Å². The van der Waals surface area contributed by atoms with Crippen molar-refractivity contribution in [3.05, 3.63) is 42.1 Å². The van der Waals surface area contributed by atoms with Crippen molar-refractivity contribution in [3.8, 4) is 5.75 Å². The van der Waals surface area contributed by atoms with Crippen molar-refractivity contribution < 1.29 is 9.53 Å². The van der Waals surface area contributed by atoms with Crippen molar-refractivity contribution in [1.29, 1.82) is 0 Å². The number of carbonyl (C=O) groups excluding carboxylic acids is 1. The van der Waals surface area contributed by atoms with E-state index in [1.807, 2.05) is 35.0 Å². The lowest BCUT2D eigenvalue weighted by atomic mass is 10.0. The average molecular weight is 297 g/mol. The van der Waals surface area contributed by atoms with E-state index in [9.17, 15) is 4.79 Å². The van der Waals surface area contributed by atoms with Crippen LogP contribution in [0.15, 0.2) is 36.5 Å². The van der Waals surface area contributed by atoms with Crippen LogP contribution in [0.5, 0.6) is 5.75 Å². The summed E-state index contributed by atoms with van der Waals surface area (Å²) in [5, 5.41) is 7.39. The summed E-state index contributed by atoms with van der Waals surface area (Å²) in [6.45, 7) is 2.56. The molecule has 2 aliphatic rings. The number of aromatic nitrogens is 2. The van der Waals surface area contributed by atoms with Crippen LogP contribution in [0, 0.1) is 5.92 Å². The number of nitrogens with one attached hydrogen (secondary N) is 1. The number of fused-ring (bicyclic) bond motifs is 1. The van der Waals surface area contributed by atoms with Crippen molar-refractivity contribution in [2.24, 2.45) is 5.92 Å². The highest BCUT2D eigenvalue weighted by molar-refractivity contribution is 5.96. The molecule has 1 aliphatic heterocycles. The maximum Gasteiger partial charge on any atom is 0.236 e. The van der Waals surface area contributed by atoms with Crippen molar-refractivity contribution in [1.82, 2.24) is 9.78 Å². The number of ether oxygens (including phenoxy) is 1. The highest BCUT2D eigenvalue weighted by Crippen LogP contribution is 2.40. The van der Waals surface area contributed by atoms with E-state index in [-0.39, 0.29) is 11.8 Å². The molecule has 0 spiro atoms. The van der Waals surface area contributed by atoms with Crippen LogP contribution in [0.25, 0.3) is 0 Å². The highest BCUT2D eigenvalue weighted by atomic mass is 16.5. The summed E-state index contributed by atoms with van der Waals surface area (Å²) in [6.07, 6.45) is 4.24. The Morgan fingerprint density at radius 2 is 2.18 bits per heavy atom. The molecule has 1 N–H and O–H groups in total. The SMILES string of the molecule is C[C@H](C1CC1)n1nccc1NC(=O)[C@@H]1COc2ccccc21. The fourth-order valence-corrected chi connectivity index (χ4v) is 3.11. The van der Waals surface area contributed by atoms with Crippen LogP contribution in [-0.2, 0) is 4.79 Å². The van der Waals surface area contributed by atoms with Gasteiger partial charge in [-0.05, 0) is 31.7 Å². The standard InChI is InChI=1S/C17H19N3O2/c1-11(12-6-7-12)20-16(8-9-18-20)19-17(21)14-10-22-15-5-3-2-4-13(14)15/h2-5,8-9,11-12,14H,6-7,10H2,1H3,(H,19,21)/t11-,14-/m1/s1. The predicted molar refractivity (Wildman–Crippen MR) is 83.0 cm³/mol. The second-order valence-electron chi connectivity index (χ2n) is 6.13. The van der Waals surface area contributed by atoms with Crippen LogP contribution >= 0.6 is 0 Å². The van der Waals surface area contributed by atoms with Gasteiger partial charge in [0.05, 0.1) is 12.2 Å². The maximum atomic E-state index is 12.6. The topological polar surface area (TPSA) is 56.2 Å². The first-order chi connectivity index (χ1) is 10.7. The number of hydrogen-bond acceptors (Lipinski definition) is 3. The van der Waals surface area contributed by atoms with E-state index in [1.165, 1.54) is 12.8 Å². The lowest BCUT2D eigenvalue weighted by Crippen LogP contribution is -2.24. The molecule has 5 nitrogen and oxygen atoms in total. The number of anilines is 1. The number of para-hydroxylation sites is 1. The summed E-state index contributed by atoms with van der Waals surface area (Å²) in [5.41, 5.74) is 0.960. The Labute approximate surface area is 129 Å². The van der Waals surface area contributed by atoms with Crippen LogP contribution in [0.4, 0.5) is 5.82 Å². The van der Waals surface area contributed by atoms with Gasteiger partial charge in [0.1, 0.15) is 24.1 Å². The summed E-state index contributed by atoms with van der Waals surface area (Å²) >= 11 is 0. The van der Waals surface area contributed by atoms with Crippen molar-refractivity contribution in [2.75, 3.05) is 11.9 Å². The first-order valence-corrected chi connectivity index (χ1v) is 7.80. The Bertz CT molecular complexity index is 705. The molecule has 1 aromatic heterocycles. The molecule has 0 bridgehead atoms. The molecule has 1 aliphatic carbocycles. The van der Waals surface area contributed by atoms with Crippen LogP contribution in [0.3, 0.4) is 0 Å². The van der Waals surface area contributed by atoms with Crippen LogP contribution in [0.1, 0.15) is 37.3 Å². The molecule has 1 fully saturated rings. The lowest BCUT2D eigenvalue weighted by molar-refractivity contribution is -0.117. The van der Waals surface area contributed by atoms with Gasteiger partial charge in [0.25, 0.3) is 0 Å². The molecule has 114 valence electrons. The van der Waals surface area contributed by atoms with Gasteiger partial charge >= 0.3 is 0 Å². The second kappa shape index (κ2) is 5.16. The van der Waals surface area contributed by atoms with Crippen LogP contribution in [-0.4, -0.2) is 22.3 Å². The van der Waals surface area contributed by atoms with E-state index >= 15 is 0 Å². The van der Waals surface area contributed by atoms with E-state index in [0.29, 0.717) is 18.6 Å². The first-order valence-electron chi connectivity index (χ1n) is 7.80. The third kappa shape index (κ3) is 2.26. The Morgan fingerprint density at radius 1 is 1.36 bits per heavy atom. The second-order valence-corrected chi connectivity index (χ2v) is 6.13. The molecule has 4 rings (SSSR count). The number of carbonyl (C=O) groups is 1. The smallest absolute Gasteiger partial charge is 0.236 e. The first kappa shape index (κ1) is 13.4. The highest BCUT2D eigenvalue weighted by Gasteiger charge is 2.33. The normalized spacial score (nSPS) is 21.0. The number of benzene rings is 1. The van der Waals surface area contributed by atoms with Crippen LogP contribution in [0.2, 0.25) is 0 Å². The maximum absolute atomic E-state index is 12.6. The van der Waals surface area contributed by atoms with Gasteiger partial charge in [-0.1, -0.05) is 18.2 Å². The fourth-order valence-electron chi connectivity index (χ4n) is 3.11. The minimum absolute atomic E-state index is 0.0327. The van der Waals surface area contributed by atoms with E-state index in [1.54, 1.807) is 6.20 Å². The van der Waals surface area contributed by atoms with Gasteiger partial charge in [-0.25, -0.2) is 4.68 Å². The Balaban J connectivity index is 1.53. The molecule has 0 unspecified atom stereocenters. The van der Waals surface area contributed by atoms with Gasteiger partial charge < -0.3 is 10.1 Å². The minimum atomic E-state index is -0.254. The molecular weight excluding hydrogens is 278 g/mol. The van der Waals surface area contributed by atoms with Crippen molar-refractivity contribution in [2.45, 2.75) is 31.7 Å². The molecule has 5 heteroatoms. The van der Waals surface area contributed by atoms with E-state index < -0.39 is 0 Å². The molecule has 2 heterocycles. The fraction of sp³-hybridized carbons (Fsp3) is 0.412. The van der Waals surface area contributed by atoms with Crippen molar-refractivity contribution in [3.63, 3.8) is 0 Å². The van der Waals surface area contributed by atoms with Gasteiger partial charge in [-0.2, -0.15) is 5.10 Å². The summed E-state index contributed by atoms with van der Waals surface area (Å²) in [5.74, 6) is 1.98. The van der Waals surface area contributed by atoms with Gasteiger partial charge in [0.2, 0.25) is 5.91 Å². The number of rotatable bonds is 4. The lowest BCUT2D eigenvalue weighted by Gasteiger charge is -2.16. The average Bonchev–Trinajstić information content (AvgIpc) is 3.13. The summed E-state index contributed by atoms with van der Waals surface area (Å²) in [7, 11) is 0. The number of amides is 1. The van der Waals surface area contributed by atoms with Gasteiger partial charge in [0.15, 0.2) is 0 Å².